The zero-order valence-corrected chi connectivity index (χ0v) is 25.0. The first-order valence-electron chi connectivity index (χ1n) is 13.4. The number of aromatic nitrogens is 1. The number of methoxy groups -OCH3 is 1. The first-order valence-corrected chi connectivity index (χ1v) is 15.7. The maximum Gasteiger partial charge on any atom is 0.260 e. The maximum absolute atomic E-state index is 13.8. The van der Waals surface area contributed by atoms with Gasteiger partial charge in [-0.05, 0) is 55.1 Å². The summed E-state index contributed by atoms with van der Waals surface area (Å²) < 4.78 is 34.5. The van der Waals surface area contributed by atoms with Gasteiger partial charge in [-0.25, -0.2) is 13.4 Å². The standard InChI is InChI=1S/C30H36N4O4S2/c1-5-32(6-2)19-20-34(30-31-27-21-25(38-4)15-18-28(27)39-30)29(35)24-13-16-26(17-14-24)40(36,37)33(7-3)22-23-11-9-8-10-12-23/h8-18,21H,5-7,19-20,22H2,1-4H3. The summed E-state index contributed by atoms with van der Waals surface area (Å²) in [5.41, 5.74) is 2.08. The molecule has 0 fully saturated rings. The maximum atomic E-state index is 13.8. The second kappa shape index (κ2) is 13.4. The number of benzene rings is 3. The summed E-state index contributed by atoms with van der Waals surface area (Å²) in [6.07, 6.45) is 0. The SMILES string of the molecule is CCN(CC)CCN(C(=O)c1ccc(S(=O)(=O)N(CC)Cc2ccccc2)cc1)c1nc2cc(OC)ccc2s1. The van der Waals surface area contributed by atoms with Gasteiger partial charge in [0.25, 0.3) is 5.91 Å². The van der Waals surface area contributed by atoms with Crippen LogP contribution >= 0.6 is 11.3 Å². The van der Waals surface area contributed by atoms with Crippen LogP contribution in [-0.4, -0.2) is 68.3 Å². The van der Waals surface area contributed by atoms with Crippen molar-refractivity contribution < 1.29 is 17.9 Å². The number of carbonyl (C=O) groups excluding carboxylic acids is 1. The molecule has 8 nitrogen and oxygen atoms in total. The van der Waals surface area contributed by atoms with Crippen molar-refractivity contribution in [1.29, 1.82) is 0 Å². The Morgan fingerprint density at radius 3 is 2.23 bits per heavy atom. The highest BCUT2D eigenvalue weighted by molar-refractivity contribution is 7.89. The van der Waals surface area contributed by atoms with Crippen molar-refractivity contribution in [2.24, 2.45) is 0 Å². The summed E-state index contributed by atoms with van der Waals surface area (Å²) in [7, 11) is -2.13. The number of fused-ring (bicyclic) bond motifs is 1. The second-order valence-electron chi connectivity index (χ2n) is 9.25. The van der Waals surface area contributed by atoms with E-state index in [2.05, 4.69) is 18.7 Å². The van der Waals surface area contributed by atoms with Crippen LogP contribution in [0.25, 0.3) is 10.2 Å². The molecule has 0 saturated carbocycles. The fourth-order valence-electron chi connectivity index (χ4n) is 4.43. The second-order valence-corrected chi connectivity index (χ2v) is 12.2. The van der Waals surface area contributed by atoms with Crippen LogP contribution < -0.4 is 9.64 Å². The van der Waals surface area contributed by atoms with Gasteiger partial charge in [0.2, 0.25) is 10.0 Å². The topological polar surface area (TPSA) is 83.1 Å². The molecule has 0 atom stereocenters. The van der Waals surface area contributed by atoms with E-state index in [4.69, 9.17) is 9.72 Å². The molecule has 40 heavy (non-hydrogen) atoms. The molecule has 10 heteroatoms. The number of hydrogen-bond acceptors (Lipinski definition) is 7. The Morgan fingerprint density at radius 2 is 1.60 bits per heavy atom. The van der Waals surface area contributed by atoms with E-state index in [1.54, 1.807) is 24.1 Å². The van der Waals surface area contributed by atoms with Crippen LogP contribution in [-0.2, 0) is 16.6 Å². The average Bonchev–Trinajstić information content (AvgIpc) is 3.41. The predicted molar refractivity (Wildman–Crippen MR) is 162 cm³/mol. The number of rotatable bonds is 13. The van der Waals surface area contributed by atoms with Gasteiger partial charge in [0.15, 0.2) is 5.13 Å². The first-order chi connectivity index (χ1) is 19.3. The molecule has 4 rings (SSSR count). The zero-order chi connectivity index (χ0) is 28.7. The largest absolute Gasteiger partial charge is 0.497 e. The molecule has 0 unspecified atom stereocenters. The van der Waals surface area contributed by atoms with E-state index in [0.717, 1.165) is 28.9 Å². The first kappa shape index (κ1) is 29.7. The lowest BCUT2D eigenvalue weighted by Crippen LogP contribution is -2.39. The van der Waals surface area contributed by atoms with E-state index in [-0.39, 0.29) is 17.3 Å². The lowest BCUT2D eigenvalue weighted by Gasteiger charge is -2.25. The Bertz CT molecular complexity index is 1520. The Hall–Kier alpha value is -3.31. The van der Waals surface area contributed by atoms with E-state index in [1.165, 1.54) is 27.8 Å². The summed E-state index contributed by atoms with van der Waals surface area (Å²) in [5.74, 6) is 0.481. The predicted octanol–water partition coefficient (Wildman–Crippen LogP) is 5.50. The number of anilines is 1. The summed E-state index contributed by atoms with van der Waals surface area (Å²) in [4.78, 5) is 22.7. The number of hydrogen-bond donors (Lipinski definition) is 0. The Morgan fingerprint density at radius 1 is 0.900 bits per heavy atom. The van der Waals surface area contributed by atoms with E-state index in [9.17, 15) is 13.2 Å². The Kier molecular flexibility index (Phi) is 9.91. The third kappa shape index (κ3) is 6.69. The molecular weight excluding hydrogens is 544 g/mol. The molecule has 0 aliphatic heterocycles. The quantitative estimate of drug-likeness (QED) is 0.208. The number of sulfonamides is 1. The van der Waals surface area contributed by atoms with E-state index in [0.29, 0.717) is 36.1 Å². The number of amides is 1. The van der Waals surface area contributed by atoms with Crippen molar-refractivity contribution in [3.63, 3.8) is 0 Å². The highest BCUT2D eigenvalue weighted by Gasteiger charge is 2.26. The molecular formula is C30H36N4O4S2. The van der Waals surface area contributed by atoms with Gasteiger partial charge in [-0.3, -0.25) is 9.69 Å². The lowest BCUT2D eigenvalue weighted by molar-refractivity contribution is 0.0983. The van der Waals surface area contributed by atoms with Gasteiger partial charge >= 0.3 is 0 Å². The van der Waals surface area contributed by atoms with Gasteiger partial charge in [0.05, 0.1) is 22.2 Å². The van der Waals surface area contributed by atoms with Crippen molar-refractivity contribution in [2.75, 3.05) is 44.7 Å². The molecule has 0 saturated heterocycles. The Balaban J connectivity index is 1.61. The third-order valence-electron chi connectivity index (χ3n) is 6.89. The zero-order valence-electron chi connectivity index (χ0n) is 23.4. The highest BCUT2D eigenvalue weighted by atomic mass is 32.2. The molecule has 1 aromatic heterocycles. The fraction of sp³-hybridized carbons (Fsp3) is 0.333. The summed E-state index contributed by atoms with van der Waals surface area (Å²) >= 11 is 1.45. The molecule has 4 aromatic rings. The number of carbonyl (C=O) groups is 1. The molecule has 1 amide bonds. The van der Waals surface area contributed by atoms with Crippen molar-refractivity contribution in [3.8, 4) is 5.75 Å². The molecule has 212 valence electrons. The van der Waals surface area contributed by atoms with Gasteiger partial charge in [0, 0.05) is 37.8 Å². The average molecular weight is 581 g/mol. The van der Waals surface area contributed by atoms with Gasteiger partial charge in [-0.1, -0.05) is 62.4 Å². The number of nitrogens with zero attached hydrogens (tertiary/aromatic N) is 4. The molecule has 0 aliphatic rings. The van der Waals surface area contributed by atoms with Gasteiger partial charge in [-0.15, -0.1) is 0 Å². The minimum atomic E-state index is -3.74. The smallest absolute Gasteiger partial charge is 0.260 e. The van der Waals surface area contributed by atoms with Crippen LogP contribution in [0.2, 0.25) is 0 Å². The summed E-state index contributed by atoms with van der Waals surface area (Å²) in [5, 5.41) is 0.595. The van der Waals surface area contributed by atoms with Crippen LogP contribution in [0, 0.1) is 0 Å². The minimum absolute atomic E-state index is 0.156. The number of thiazole rings is 1. The van der Waals surface area contributed by atoms with Crippen LogP contribution in [0.1, 0.15) is 36.7 Å². The van der Waals surface area contributed by atoms with E-state index < -0.39 is 10.0 Å². The minimum Gasteiger partial charge on any atom is -0.497 e. The lowest BCUT2D eigenvalue weighted by atomic mass is 10.2. The van der Waals surface area contributed by atoms with Gasteiger partial charge in [-0.2, -0.15) is 4.31 Å². The molecule has 3 aromatic carbocycles. The van der Waals surface area contributed by atoms with Crippen molar-refractivity contribution in [2.45, 2.75) is 32.2 Å². The van der Waals surface area contributed by atoms with E-state index in [1.807, 2.05) is 55.5 Å². The molecule has 0 spiro atoms. The summed E-state index contributed by atoms with van der Waals surface area (Å²) in [6.45, 7) is 9.51. The number of ether oxygens (including phenoxy) is 1. The van der Waals surface area contributed by atoms with Crippen molar-refractivity contribution in [1.82, 2.24) is 14.2 Å². The number of likely N-dealkylation sites (N-methyl/N-ethyl adjacent to an activating group) is 1. The fourth-order valence-corrected chi connectivity index (χ4v) is 6.84. The molecule has 0 radical (unpaired) electrons. The molecule has 0 aliphatic carbocycles. The molecule has 0 N–H and O–H groups in total. The normalized spacial score (nSPS) is 11.8. The van der Waals surface area contributed by atoms with Crippen LogP contribution in [0.4, 0.5) is 5.13 Å². The van der Waals surface area contributed by atoms with Gasteiger partial charge < -0.3 is 9.64 Å². The van der Waals surface area contributed by atoms with Crippen LogP contribution in [0.3, 0.4) is 0 Å². The van der Waals surface area contributed by atoms with Crippen molar-refractivity contribution >= 4 is 42.6 Å². The third-order valence-corrected chi connectivity index (χ3v) is 9.88. The Labute approximate surface area is 240 Å². The van der Waals surface area contributed by atoms with Crippen LogP contribution in [0.15, 0.2) is 77.7 Å². The monoisotopic (exact) mass is 580 g/mol. The van der Waals surface area contributed by atoms with Gasteiger partial charge in [0.1, 0.15) is 5.75 Å². The van der Waals surface area contributed by atoms with Crippen molar-refractivity contribution in [3.05, 3.63) is 83.9 Å². The highest BCUT2D eigenvalue weighted by Crippen LogP contribution is 2.32. The summed E-state index contributed by atoms with van der Waals surface area (Å²) in [6, 6.07) is 21.4. The molecule has 1 heterocycles. The van der Waals surface area contributed by atoms with Crippen LogP contribution in [0.5, 0.6) is 5.75 Å². The molecule has 0 bridgehead atoms. The van der Waals surface area contributed by atoms with E-state index >= 15 is 0 Å².